The molecule has 0 saturated heterocycles. The molecule has 28 heavy (non-hydrogen) atoms. The Hall–Kier alpha value is -2.54. The molecule has 148 valence electrons. The van der Waals surface area contributed by atoms with Crippen LogP contribution in [0.4, 0.5) is 0 Å². The summed E-state index contributed by atoms with van der Waals surface area (Å²) in [6, 6.07) is 6.85. The van der Waals surface area contributed by atoms with Crippen LogP contribution in [0.5, 0.6) is 0 Å². The van der Waals surface area contributed by atoms with Gasteiger partial charge in [-0.2, -0.15) is 0 Å². The fourth-order valence-corrected chi connectivity index (χ4v) is 3.30. The number of hydrogen-bond donors (Lipinski definition) is 1. The molecule has 6 nitrogen and oxygen atoms in total. The number of Topliss-reactive ketones (excluding diaryl/α,β-unsaturated/α-hetero) is 3. The molecular weight excluding hydrogens is 426 g/mol. The fraction of sp³-hybridized carbons (Fsp3) is 0.333. The van der Waals surface area contributed by atoms with Crippen LogP contribution in [0.25, 0.3) is 0 Å². The van der Waals surface area contributed by atoms with Crippen LogP contribution in [0.3, 0.4) is 0 Å². The van der Waals surface area contributed by atoms with Crippen LogP contribution < -0.4 is 0 Å². The number of aryl methyl sites for hydroxylation is 1. The molecule has 2 aromatic rings. The molecule has 0 aliphatic rings. The van der Waals surface area contributed by atoms with Gasteiger partial charge in [0, 0.05) is 27.7 Å². The first kappa shape index (κ1) is 21.8. The van der Waals surface area contributed by atoms with Crippen molar-refractivity contribution in [3.8, 4) is 0 Å². The number of rotatable bonds is 8. The Morgan fingerprint density at radius 3 is 2.21 bits per heavy atom. The zero-order valence-corrected chi connectivity index (χ0v) is 17.8. The Morgan fingerprint density at radius 1 is 1.07 bits per heavy atom. The minimum absolute atomic E-state index is 0.00347. The summed E-state index contributed by atoms with van der Waals surface area (Å²) in [5, 5.41) is 0. The topological polar surface area (TPSA) is 93.3 Å². The number of ketones is 3. The summed E-state index contributed by atoms with van der Waals surface area (Å²) in [5.74, 6) is -1.36. The van der Waals surface area contributed by atoms with Crippen LogP contribution in [-0.4, -0.2) is 34.4 Å². The smallest absolute Gasteiger partial charge is 0.306 e. The maximum atomic E-state index is 12.6. The van der Waals surface area contributed by atoms with Gasteiger partial charge in [-0.3, -0.25) is 19.2 Å². The molecule has 0 spiro atoms. The third-order valence-electron chi connectivity index (χ3n) is 4.44. The van der Waals surface area contributed by atoms with E-state index in [1.807, 2.05) is 0 Å². The molecule has 0 radical (unpaired) electrons. The summed E-state index contributed by atoms with van der Waals surface area (Å²) in [7, 11) is 0. The number of carbonyl (C=O) groups excluding carboxylic acids is 4. The second kappa shape index (κ2) is 9.10. The van der Waals surface area contributed by atoms with Crippen molar-refractivity contribution in [2.45, 2.75) is 46.6 Å². The van der Waals surface area contributed by atoms with Gasteiger partial charge in [0.15, 0.2) is 17.7 Å². The molecule has 0 amide bonds. The van der Waals surface area contributed by atoms with Crippen LogP contribution in [0.1, 0.15) is 69.2 Å². The van der Waals surface area contributed by atoms with Crippen molar-refractivity contribution in [2.24, 2.45) is 0 Å². The minimum Gasteiger partial charge on any atom is -0.454 e. The van der Waals surface area contributed by atoms with Crippen LogP contribution >= 0.6 is 15.9 Å². The normalized spacial score (nSPS) is 11.8. The molecule has 1 unspecified atom stereocenters. The summed E-state index contributed by atoms with van der Waals surface area (Å²) in [6.07, 6.45) is -1.14. The molecule has 7 heteroatoms. The van der Waals surface area contributed by atoms with Crippen molar-refractivity contribution < 1.29 is 23.9 Å². The molecule has 0 aliphatic heterocycles. The van der Waals surface area contributed by atoms with Gasteiger partial charge in [0.1, 0.15) is 0 Å². The predicted octanol–water partition coefficient (Wildman–Crippen LogP) is 4.37. The molecule has 0 saturated carbocycles. The molecule has 1 heterocycles. The van der Waals surface area contributed by atoms with E-state index in [1.54, 1.807) is 38.1 Å². The standard InChI is InChI=1S/C21H22BrNO5/c1-11-19(13(3)24)12(2)23-20(11)21(27)14(4)28-18(26)10-9-17(25)15-5-7-16(22)8-6-15/h5-8,14,23H,9-10H2,1-4H3. The van der Waals surface area contributed by atoms with E-state index in [9.17, 15) is 19.2 Å². The number of aromatic nitrogens is 1. The van der Waals surface area contributed by atoms with Gasteiger partial charge in [-0.05, 0) is 45.4 Å². The first-order chi connectivity index (χ1) is 13.1. The average molecular weight is 448 g/mol. The van der Waals surface area contributed by atoms with E-state index in [0.717, 1.165) is 4.47 Å². The molecule has 1 aromatic heterocycles. The number of esters is 1. The monoisotopic (exact) mass is 447 g/mol. The Morgan fingerprint density at radius 2 is 1.68 bits per heavy atom. The summed E-state index contributed by atoms with van der Waals surface area (Å²) >= 11 is 3.30. The van der Waals surface area contributed by atoms with Gasteiger partial charge >= 0.3 is 5.97 Å². The first-order valence-electron chi connectivity index (χ1n) is 8.84. The van der Waals surface area contributed by atoms with E-state index in [-0.39, 0.29) is 30.1 Å². The molecule has 0 fully saturated rings. The Bertz CT molecular complexity index is 927. The molecule has 0 bridgehead atoms. The highest BCUT2D eigenvalue weighted by Crippen LogP contribution is 2.20. The lowest BCUT2D eigenvalue weighted by Crippen LogP contribution is -2.25. The quantitative estimate of drug-likeness (QED) is 0.478. The van der Waals surface area contributed by atoms with Crippen molar-refractivity contribution in [1.82, 2.24) is 4.98 Å². The number of carbonyl (C=O) groups is 4. The predicted molar refractivity (Wildman–Crippen MR) is 108 cm³/mol. The summed E-state index contributed by atoms with van der Waals surface area (Å²) in [5.41, 5.74) is 2.39. The highest BCUT2D eigenvalue weighted by Gasteiger charge is 2.26. The van der Waals surface area contributed by atoms with Crippen molar-refractivity contribution in [3.63, 3.8) is 0 Å². The van der Waals surface area contributed by atoms with E-state index in [2.05, 4.69) is 20.9 Å². The third kappa shape index (κ3) is 5.04. The summed E-state index contributed by atoms with van der Waals surface area (Å²) in [6.45, 7) is 6.30. The van der Waals surface area contributed by atoms with Crippen LogP contribution in [0.2, 0.25) is 0 Å². The minimum atomic E-state index is -1.02. The lowest BCUT2D eigenvalue weighted by atomic mass is 10.0. The van der Waals surface area contributed by atoms with Gasteiger partial charge in [-0.1, -0.05) is 28.1 Å². The van der Waals surface area contributed by atoms with Gasteiger partial charge in [0.25, 0.3) is 0 Å². The molecular formula is C21H22BrNO5. The SMILES string of the molecule is CC(=O)c1c(C)[nH]c(C(=O)C(C)OC(=O)CCC(=O)c2ccc(Br)cc2)c1C. The Kier molecular flexibility index (Phi) is 7.07. The third-order valence-corrected chi connectivity index (χ3v) is 4.96. The Labute approximate surface area is 171 Å². The van der Waals surface area contributed by atoms with Crippen molar-refractivity contribution >= 4 is 39.2 Å². The molecule has 1 atom stereocenters. The maximum absolute atomic E-state index is 12.6. The van der Waals surface area contributed by atoms with Gasteiger partial charge in [-0.15, -0.1) is 0 Å². The average Bonchev–Trinajstić information content (AvgIpc) is 2.93. The zero-order valence-electron chi connectivity index (χ0n) is 16.2. The van der Waals surface area contributed by atoms with Crippen LogP contribution in [-0.2, 0) is 9.53 Å². The molecule has 2 rings (SSSR count). The largest absolute Gasteiger partial charge is 0.454 e. The van der Waals surface area contributed by atoms with Gasteiger partial charge in [0.05, 0.1) is 12.1 Å². The fourth-order valence-electron chi connectivity index (χ4n) is 3.03. The highest BCUT2D eigenvalue weighted by molar-refractivity contribution is 9.10. The lowest BCUT2D eigenvalue weighted by Gasteiger charge is -2.12. The van der Waals surface area contributed by atoms with Crippen LogP contribution in [0, 0.1) is 13.8 Å². The second-order valence-electron chi connectivity index (χ2n) is 6.61. The number of aromatic amines is 1. The number of nitrogens with one attached hydrogen (secondary N) is 1. The Balaban J connectivity index is 1.96. The number of hydrogen-bond acceptors (Lipinski definition) is 5. The van der Waals surface area contributed by atoms with Crippen LogP contribution in [0.15, 0.2) is 28.7 Å². The number of H-pyrrole nitrogens is 1. The summed E-state index contributed by atoms with van der Waals surface area (Å²) in [4.78, 5) is 51.4. The van der Waals surface area contributed by atoms with Gasteiger partial charge in [0.2, 0.25) is 5.78 Å². The molecule has 1 N–H and O–H groups in total. The first-order valence-corrected chi connectivity index (χ1v) is 9.63. The lowest BCUT2D eigenvalue weighted by molar-refractivity contribution is -0.146. The second-order valence-corrected chi connectivity index (χ2v) is 7.52. The zero-order chi connectivity index (χ0) is 21.0. The van der Waals surface area contributed by atoms with E-state index in [4.69, 9.17) is 4.74 Å². The maximum Gasteiger partial charge on any atom is 0.306 e. The van der Waals surface area contributed by atoms with Crippen molar-refractivity contribution in [2.75, 3.05) is 0 Å². The van der Waals surface area contributed by atoms with Gasteiger partial charge in [-0.25, -0.2) is 0 Å². The van der Waals surface area contributed by atoms with E-state index in [1.165, 1.54) is 13.8 Å². The van der Waals surface area contributed by atoms with Gasteiger partial charge < -0.3 is 9.72 Å². The molecule has 0 aliphatic carbocycles. The molecule has 1 aromatic carbocycles. The van der Waals surface area contributed by atoms with E-state index >= 15 is 0 Å². The number of ether oxygens (including phenoxy) is 1. The highest BCUT2D eigenvalue weighted by atomic mass is 79.9. The number of benzene rings is 1. The van der Waals surface area contributed by atoms with Crippen molar-refractivity contribution in [3.05, 3.63) is 56.8 Å². The summed E-state index contributed by atoms with van der Waals surface area (Å²) < 4.78 is 6.04. The van der Waals surface area contributed by atoms with E-state index < -0.39 is 17.9 Å². The number of halogens is 1. The van der Waals surface area contributed by atoms with E-state index in [0.29, 0.717) is 22.4 Å². The van der Waals surface area contributed by atoms with Crippen molar-refractivity contribution in [1.29, 1.82) is 0 Å².